The van der Waals surface area contributed by atoms with E-state index in [2.05, 4.69) is 16.6 Å². The first-order valence-electron chi connectivity index (χ1n) is 6.29. The second kappa shape index (κ2) is 5.69. The number of aromatic nitrogens is 1. The summed E-state index contributed by atoms with van der Waals surface area (Å²) in [6.07, 6.45) is 7.44. The zero-order valence-electron chi connectivity index (χ0n) is 11.0. The molecule has 0 bridgehead atoms. The molecule has 1 saturated carbocycles. The van der Waals surface area contributed by atoms with Crippen molar-refractivity contribution in [2.45, 2.75) is 30.4 Å². The average molecular weight is 267 g/mol. The maximum atomic E-state index is 5.75. The molecule has 18 heavy (non-hydrogen) atoms. The van der Waals surface area contributed by atoms with Crippen LogP contribution in [-0.2, 0) is 0 Å². The lowest BCUT2D eigenvalue weighted by Gasteiger charge is -2.27. The van der Waals surface area contributed by atoms with Gasteiger partial charge in [0.25, 0.3) is 0 Å². The van der Waals surface area contributed by atoms with E-state index in [4.69, 9.17) is 10.5 Å². The fourth-order valence-electron chi connectivity index (χ4n) is 2.44. The first-order valence-corrected chi connectivity index (χ1v) is 7.51. The SMILES string of the molecule is COc1nc(NCC2(SC)CCCC2)ccc1N. The molecule has 0 spiro atoms. The van der Waals surface area contributed by atoms with E-state index in [-0.39, 0.29) is 0 Å². The predicted molar refractivity (Wildman–Crippen MR) is 78.4 cm³/mol. The molecule has 5 heteroatoms. The lowest BCUT2D eigenvalue weighted by Crippen LogP contribution is -2.30. The third-order valence-corrected chi connectivity index (χ3v) is 5.04. The highest BCUT2D eigenvalue weighted by Gasteiger charge is 2.32. The molecule has 0 aliphatic heterocycles. The number of hydrogen-bond donors (Lipinski definition) is 2. The molecule has 0 saturated heterocycles. The van der Waals surface area contributed by atoms with Crippen LogP contribution in [0.2, 0.25) is 0 Å². The highest BCUT2D eigenvalue weighted by Crippen LogP contribution is 2.40. The maximum Gasteiger partial charge on any atom is 0.238 e. The van der Waals surface area contributed by atoms with Gasteiger partial charge in [0.1, 0.15) is 5.82 Å². The molecule has 1 aromatic rings. The molecule has 1 heterocycles. The summed E-state index contributed by atoms with van der Waals surface area (Å²) in [5, 5.41) is 3.41. The van der Waals surface area contributed by atoms with Crippen LogP contribution in [0, 0.1) is 0 Å². The van der Waals surface area contributed by atoms with Crippen molar-refractivity contribution >= 4 is 23.3 Å². The zero-order valence-corrected chi connectivity index (χ0v) is 11.8. The Morgan fingerprint density at radius 1 is 1.44 bits per heavy atom. The van der Waals surface area contributed by atoms with Gasteiger partial charge in [0.15, 0.2) is 0 Å². The molecule has 1 aliphatic carbocycles. The van der Waals surface area contributed by atoms with Crippen molar-refractivity contribution in [2.24, 2.45) is 0 Å². The van der Waals surface area contributed by atoms with Gasteiger partial charge in [-0.3, -0.25) is 0 Å². The molecular weight excluding hydrogens is 246 g/mol. The molecule has 3 N–H and O–H groups in total. The van der Waals surface area contributed by atoms with Crippen LogP contribution in [0.25, 0.3) is 0 Å². The largest absolute Gasteiger partial charge is 0.479 e. The van der Waals surface area contributed by atoms with Gasteiger partial charge in [-0.15, -0.1) is 0 Å². The molecule has 0 radical (unpaired) electrons. The van der Waals surface area contributed by atoms with E-state index in [1.807, 2.05) is 23.9 Å². The normalized spacial score (nSPS) is 17.7. The van der Waals surface area contributed by atoms with Crippen LogP contribution >= 0.6 is 11.8 Å². The minimum atomic E-state index is 0.371. The van der Waals surface area contributed by atoms with Crippen molar-refractivity contribution in [3.63, 3.8) is 0 Å². The van der Waals surface area contributed by atoms with Gasteiger partial charge in [0.05, 0.1) is 12.8 Å². The van der Waals surface area contributed by atoms with E-state index in [0.29, 0.717) is 16.3 Å². The Hall–Kier alpha value is -1.10. The van der Waals surface area contributed by atoms with Crippen LogP contribution in [0.4, 0.5) is 11.5 Å². The number of hydrogen-bond acceptors (Lipinski definition) is 5. The van der Waals surface area contributed by atoms with Crippen LogP contribution in [0.15, 0.2) is 12.1 Å². The van der Waals surface area contributed by atoms with E-state index < -0.39 is 0 Å². The second-order valence-electron chi connectivity index (χ2n) is 4.74. The Morgan fingerprint density at radius 3 is 2.78 bits per heavy atom. The molecule has 2 rings (SSSR count). The molecule has 0 unspecified atom stereocenters. The summed E-state index contributed by atoms with van der Waals surface area (Å²) in [5.74, 6) is 1.32. The highest BCUT2D eigenvalue weighted by atomic mass is 32.2. The second-order valence-corrected chi connectivity index (χ2v) is 6.02. The summed E-state index contributed by atoms with van der Waals surface area (Å²) in [7, 11) is 1.59. The van der Waals surface area contributed by atoms with Crippen molar-refractivity contribution in [3.8, 4) is 5.88 Å². The van der Waals surface area contributed by atoms with Crippen molar-refractivity contribution in [3.05, 3.63) is 12.1 Å². The quantitative estimate of drug-likeness (QED) is 0.859. The monoisotopic (exact) mass is 267 g/mol. The fourth-order valence-corrected chi connectivity index (χ4v) is 3.35. The van der Waals surface area contributed by atoms with Crippen molar-refractivity contribution in [1.29, 1.82) is 0 Å². The summed E-state index contributed by atoms with van der Waals surface area (Å²) in [6, 6.07) is 3.73. The first-order chi connectivity index (χ1) is 8.69. The number of methoxy groups -OCH3 is 1. The summed E-state index contributed by atoms with van der Waals surface area (Å²) in [5.41, 5.74) is 6.32. The Kier molecular flexibility index (Phi) is 4.22. The number of ether oxygens (including phenoxy) is 1. The van der Waals surface area contributed by atoms with Gasteiger partial charge in [-0.1, -0.05) is 12.8 Å². The molecular formula is C13H21N3OS. The molecule has 0 amide bonds. The Balaban J connectivity index is 2.01. The van der Waals surface area contributed by atoms with E-state index in [1.165, 1.54) is 25.7 Å². The Bertz CT molecular complexity index is 405. The summed E-state index contributed by atoms with van der Waals surface area (Å²) < 4.78 is 5.50. The van der Waals surface area contributed by atoms with E-state index in [9.17, 15) is 0 Å². The third-order valence-electron chi connectivity index (χ3n) is 3.62. The van der Waals surface area contributed by atoms with Crippen LogP contribution < -0.4 is 15.8 Å². The topological polar surface area (TPSA) is 60.2 Å². The summed E-state index contributed by atoms with van der Waals surface area (Å²) >= 11 is 1.97. The van der Waals surface area contributed by atoms with Crippen LogP contribution in [-0.4, -0.2) is 29.6 Å². The molecule has 1 fully saturated rings. The number of rotatable bonds is 5. The number of anilines is 2. The highest BCUT2D eigenvalue weighted by molar-refractivity contribution is 8.00. The number of nitrogens with two attached hydrogens (primary N) is 1. The zero-order chi connectivity index (χ0) is 13.0. The minimum Gasteiger partial charge on any atom is -0.479 e. The minimum absolute atomic E-state index is 0.371. The predicted octanol–water partition coefficient (Wildman–Crippen LogP) is 2.76. The molecule has 4 nitrogen and oxygen atoms in total. The molecule has 0 atom stereocenters. The van der Waals surface area contributed by atoms with Gasteiger partial charge in [-0.25, -0.2) is 0 Å². The van der Waals surface area contributed by atoms with Gasteiger partial charge in [0, 0.05) is 11.3 Å². The van der Waals surface area contributed by atoms with E-state index in [0.717, 1.165) is 12.4 Å². The average Bonchev–Trinajstić information content (AvgIpc) is 2.87. The lowest BCUT2D eigenvalue weighted by molar-refractivity contribution is 0.401. The van der Waals surface area contributed by atoms with Crippen molar-refractivity contribution < 1.29 is 4.74 Å². The van der Waals surface area contributed by atoms with Gasteiger partial charge >= 0.3 is 0 Å². The number of nitrogens with one attached hydrogen (secondary N) is 1. The van der Waals surface area contributed by atoms with Crippen molar-refractivity contribution in [2.75, 3.05) is 31.0 Å². The number of nitrogen functional groups attached to an aromatic ring is 1. The van der Waals surface area contributed by atoms with Crippen molar-refractivity contribution in [1.82, 2.24) is 4.98 Å². The first kappa shape index (κ1) is 13.3. The number of pyridine rings is 1. The maximum absolute atomic E-state index is 5.75. The van der Waals surface area contributed by atoms with Gasteiger partial charge < -0.3 is 15.8 Å². The molecule has 0 aromatic carbocycles. The van der Waals surface area contributed by atoms with Crippen LogP contribution in [0.1, 0.15) is 25.7 Å². The Morgan fingerprint density at radius 2 is 2.17 bits per heavy atom. The third kappa shape index (κ3) is 2.83. The van der Waals surface area contributed by atoms with Crippen LogP contribution in [0.5, 0.6) is 5.88 Å². The van der Waals surface area contributed by atoms with E-state index >= 15 is 0 Å². The standard InChI is InChI=1S/C13H21N3OS/c1-17-12-10(14)5-6-11(16-12)15-9-13(18-2)7-3-4-8-13/h5-6H,3-4,7-9,14H2,1-2H3,(H,15,16). The van der Waals surface area contributed by atoms with Crippen LogP contribution in [0.3, 0.4) is 0 Å². The summed E-state index contributed by atoms with van der Waals surface area (Å²) in [6.45, 7) is 0.953. The summed E-state index contributed by atoms with van der Waals surface area (Å²) in [4.78, 5) is 4.35. The van der Waals surface area contributed by atoms with Gasteiger partial charge in [-0.05, 0) is 31.2 Å². The molecule has 1 aromatic heterocycles. The number of thioether (sulfide) groups is 1. The number of nitrogens with zero attached hydrogens (tertiary/aromatic N) is 1. The van der Waals surface area contributed by atoms with Gasteiger partial charge in [0.2, 0.25) is 5.88 Å². The Labute approximate surface area is 113 Å². The van der Waals surface area contributed by atoms with E-state index in [1.54, 1.807) is 7.11 Å². The molecule has 100 valence electrons. The smallest absolute Gasteiger partial charge is 0.238 e. The van der Waals surface area contributed by atoms with Gasteiger partial charge in [-0.2, -0.15) is 16.7 Å². The lowest BCUT2D eigenvalue weighted by atomic mass is 10.1. The fraction of sp³-hybridized carbons (Fsp3) is 0.615. The molecule has 1 aliphatic rings.